The first-order valence-electron chi connectivity index (χ1n) is 10.1. The topological polar surface area (TPSA) is 64.7 Å². The highest BCUT2D eigenvalue weighted by Gasteiger charge is 2.17. The van der Waals surface area contributed by atoms with E-state index < -0.39 is 0 Å². The molecule has 0 aliphatic carbocycles. The number of nitrogens with one attached hydrogen (secondary N) is 1. The molecule has 1 amide bonds. The van der Waals surface area contributed by atoms with Crippen molar-refractivity contribution in [3.63, 3.8) is 0 Å². The smallest absolute Gasteiger partial charge is 0.273 e. The molecule has 7 heteroatoms. The van der Waals surface area contributed by atoms with Gasteiger partial charge in [-0.3, -0.25) is 4.79 Å². The zero-order valence-corrected chi connectivity index (χ0v) is 17.1. The minimum absolute atomic E-state index is 0.253. The summed E-state index contributed by atoms with van der Waals surface area (Å²) < 4.78 is 16.9. The van der Waals surface area contributed by atoms with E-state index in [0.717, 1.165) is 19.4 Å². The number of aromatic nitrogens is 4. The molecular weight excluding hydrogens is 381 g/mol. The maximum atomic E-state index is 13.1. The first-order valence-corrected chi connectivity index (χ1v) is 10.1. The molecule has 0 spiro atoms. The predicted molar refractivity (Wildman–Crippen MR) is 114 cm³/mol. The fourth-order valence-electron chi connectivity index (χ4n) is 3.71. The normalized spacial score (nSPS) is 11.2. The Morgan fingerprint density at radius 3 is 2.67 bits per heavy atom. The van der Waals surface area contributed by atoms with Crippen LogP contribution in [0.2, 0.25) is 0 Å². The third-order valence-electron chi connectivity index (χ3n) is 5.30. The van der Waals surface area contributed by atoms with E-state index in [1.807, 2.05) is 0 Å². The van der Waals surface area contributed by atoms with Crippen LogP contribution in [-0.2, 0) is 13.0 Å². The third-order valence-corrected chi connectivity index (χ3v) is 5.30. The summed E-state index contributed by atoms with van der Waals surface area (Å²) in [5, 5.41) is 12.2. The zero-order chi connectivity index (χ0) is 21.1. The molecular formula is C23H24FN5O. The zero-order valence-electron chi connectivity index (χ0n) is 17.1. The number of rotatable bonds is 7. The van der Waals surface area contributed by atoms with E-state index in [-0.39, 0.29) is 17.4 Å². The van der Waals surface area contributed by atoms with Crippen LogP contribution >= 0.6 is 0 Å². The molecule has 0 atom stereocenters. The van der Waals surface area contributed by atoms with Crippen molar-refractivity contribution in [1.82, 2.24) is 24.9 Å². The van der Waals surface area contributed by atoms with Gasteiger partial charge >= 0.3 is 0 Å². The van der Waals surface area contributed by atoms with Gasteiger partial charge in [0.1, 0.15) is 5.82 Å². The molecule has 2 aromatic heterocycles. The first kappa shape index (κ1) is 19.8. The van der Waals surface area contributed by atoms with Gasteiger partial charge in [0.25, 0.3) is 5.91 Å². The highest BCUT2D eigenvalue weighted by molar-refractivity contribution is 5.93. The van der Waals surface area contributed by atoms with Gasteiger partial charge in [-0.1, -0.05) is 23.4 Å². The van der Waals surface area contributed by atoms with Crippen molar-refractivity contribution in [3.8, 4) is 5.69 Å². The summed E-state index contributed by atoms with van der Waals surface area (Å²) in [5.74, 6) is -0.576. The molecule has 0 bridgehead atoms. The number of carbonyl (C=O) groups excluding carboxylic acids is 1. The number of amides is 1. The molecule has 30 heavy (non-hydrogen) atoms. The van der Waals surface area contributed by atoms with Crippen molar-refractivity contribution >= 4 is 16.8 Å². The van der Waals surface area contributed by atoms with E-state index in [1.165, 1.54) is 33.3 Å². The van der Waals surface area contributed by atoms with Gasteiger partial charge in [-0.2, -0.15) is 0 Å². The minimum Gasteiger partial charge on any atom is -0.351 e. The van der Waals surface area contributed by atoms with Crippen molar-refractivity contribution in [2.45, 2.75) is 33.2 Å². The Bertz CT molecular complexity index is 1180. The standard InChI is InChI=1S/C23H24FN5O/c1-3-28-15-17(20-8-4-5-9-21(20)28)7-6-14-25-23(30)22-16(2)29(27-26-22)19-12-10-18(24)11-13-19/h4-5,8-13,15H,3,6-7,14H2,1-2H3,(H,25,30). The lowest BCUT2D eigenvalue weighted by Crippen LogP contribution is -2.26. The first-order chi connectivity index (χ1) is 14.6. The Balaban J connectivity index is 1.37. The number of hydrogen-bond donors (Lipinski definition) is 1. The van der Waals surface area contributed by atoms with Crippen LogP contribution in [0.25, 0.3) is 16.6 Å². The van der Waals surface area contributed by atoms with Gasteiger partial charge in [0, 0.05) is 30.2 Å². The molecule has 6 nitrogen and oxygen atoms in total. The van der Waals surface area contributed by atoms with Gasteiger partial charge in [-0.15, -0.1) is 5.10 Å². The van der Waals surface area contributed by atoms with Crippen LogP contribution in [-0.4, -0.2) is 32.0 Å². The number of carbonyl (C=O) groups is 1. The molecule has 0 saturated carbocycles. The summed E-state index contributed by atoms with van der Waals surface area (Å²) in [7, 11) is 0. The van der Waals surface area contributed by atoms with E-state index in [9.17, 15) is 9.18 Å². The molecule has 0 unspecified atom stereocenters. The van der Waals surface area contributed by atoms with Gasteiger partial charge in [-0.05, 0) is 62.6 Å². The highest BCUT2D eigenvalue weighted by atomic mass is 19.1. The van der Waals surface area contributed by atoms with Crippen molar-refractivity contribution in [3.05, 3.63) is 77.5 Å². The number of nitrogens with zero attached hydrogens (tertiary/aromatic N) is 4. The van der Waals surface area contributed by atoms with Crippen LogP contribution in [0, 0.1) is 12.7 Å². The Morgan fingerprint density at radius 2 is 1.90 bits per heavy atom. The summed E-state index contributed by atoms with van der Waals surface area (Å²) in [6, 6.07) is 14.3. The Hall–Kier alpha value is -3.48. The minimum atomic E-state index is -0.323. The van der Waals surface area contributed by atoms with Crippen molar-refractivity contribution in [2.24, 2.45) is 0 Å². The average molecular weight is 405 g/mol. The molecule has 1 N–H and O–H groups in total. The van der Waals surface area contributed by atoms with Crippen molar-refractivity contribution in [1.29, 1.82) is 0 Å². The molecule has 0 saturated heterocycles. The molecule has 0 aliphatic heterocycles. The number of benzene rings is 2. The number of fused-ring (bicyclic) bond motifs is 1. The van der Waals surface area contributed by atoms with Crippen LogP contribution in [0.4, 0.5) is 4.39 Å². The molecule has 4 rings (SSSR count). The molecule has 154 valence electrons. The SMILES string of the molecule is CCn1cc(CCCNC(=O)c2nnn(-c3ccc(F)cc3)c2C)c2ccccc21. The summed E-state index contributed by atoms with van der Waals surface area (Å²) in [6.07, 6.45) is 3.91. The molecule has 2 aromatic carbocycles. The average Bonchev–Trinajstić information content (AvgIpc) is 3.32. The van der Waals surface area contributed by atoms with Crippen LogP contribution in [0.3, 0.4) is 0 Å². The Kier molecular flexibility index (Phi) is 5.61. The van der Waals surface area contributed by atoms with Gasteiger partial charge in [-0.25, -0.2) is 9.07 Å². The lowest BCUT2D eigenvalue weighted by molar-refractivity contribution is 0.0947. The Labute approximate surface area is 174 Å². The number of aryl methyl sites for hydroxylation is 2. The highest BCUT2D eigenvalue weighted by Crippen LogP contribution is 2.22. The van der Waals surface area contributed by atoms with Crippen LogP contribution in [0.1, 0.15) is 35.1 Å². The molecule has 0 radical (unpaired) electrons. The van der Waals surface area contributed by atoms with E-state index in [4.69, 9.17) is 0 Å². The summed E-state index contributed by atoms with van der Waals surface area (Å²) in [6.45, 7) is 5.39. The van der Waals surface area contributed by atoms with Crippen LogP contribution in [0.5, 0.6) is 0 Å². The quantitative estimate of drug-likeness (QED) is 0.472. The summed E-state index contributed by atoms with van der Waals surface area (Å²) >= 11 is 0. The fraction of sp³-hybridized carbons (Fsp3) is 0.261. The second-order valence-electron chi connectivity index (χ2n) is 7.23. The molecule has 0 fully saturated rings. The second kappa shape index (κ2) is 8.49. The molecule has 4 aromatic rings. The maximum absolute atomic E-state index is 13.1. The van der Waals surface area contributed by atoms with Crippen molar-refractivity contribution < 1.29 is 9.18 Å². The van der Waals surface area contributed by atoms with Gasteiger partial charge in [0.15, 0.2) is 5.69 Å². The number of para-hydroxylation sites is 1. The fourth-order valence-corrected chi connectivity index (χ4v) is 3.71. The Morgan fingerprint density at radius 1 is 1.13 bits per heavy atom. The van der Waals surface area contributed by atoms with Crippen LogP contribution < -0.4 is 5.32 Å². The molecule has 0 aliphatic rings. The lowest BCUT2D eigenvalue weighted by atomic mass is 10.1. The largest absolute Gasteiger partial charge is 0.351 e. The van der Waals surface area contributed by atoms with E-state index in [0.29, 0.717) is 17.9 Å². The van der Waals surface area contributed by atoms with Crippen LogP contribution in [0.15, 0.2) is 54.7 Å². The second-order valence-corrected chi connectivity index (χ2v) is 7.23. The van der Waals surface area contributed by atoms with E-state index >= 15 is 0 Å². The van der Waals surface area contributed by atoms with E-state index in [2.05, 4.69) is 57.6 Å². The lowest BCUT2D eigenvalue weighted by Gasteiger charge is -2.05. The summed E-state index contributed by atoms with van der Waals surface area (Å²) in [5.41, 5.74) is 4.09. The van der Waals surface area contributed by atoms with Gasteiger partial charge in [0.05, 0.1) is 11.4 Å². The number of hydrogen-bond acceptors (Lipinski definition) is 3. The van der Waals surface area contributed by atoms with Crippen molar-refractivity contribution in [2.75, 3.05) is 6.54 Å². The van der Waals surface area contributed by atoms with E-state index in [1.54, 1.807) is 19.1 Å². The third kappa shape index (κ3) is 3.83. The monoisotopic (exact) mass is 405 g/mol. The summed E-state index contributed by atoms with van der Waals surface area (Å²) in [4.78, 5) is 12.5. The van der Waals surface area contributed by atoms with Gasteiger partial charge < -0.3 is 9.88 Å². The van der Waals surface area contributed by atoms with Gasteiger partial charge in [0.2, 0.25) is 0 Å². The number of halogens is 1. The predicted octanol–water partition coefficient (Wildman–Crippen LogP) is 4.05. The molecule has 2 heterocycles. The maximum Gasteiger partial charge on any atom is 0.273 e.